The first kappa shape index (κ1) is 23.5. The van der Waals surface area contributed by atoms with Gasteiger partial charge in [-0.3, -0.25) is 4.79 Å². The van der Waals surface area contributed by atoms with Gasteiger partial charge in [0.2, 0.25) is 10.0 Å². The van der Waals surface area contributed by atoms with E-state index in [1.807, 2.05) is 32.2 Å². The Bertz CT molecular complexity index is 1110. The molecule has 7 heteroatoms. The van der Waals surface area contributed by atoms with Crippen molar-refractivity contribution < 1.29 is 13.2 Å². The zero-order valence-corrected chi connectivity index (χ0v) is 19.2. The lowest BCUT2D eigenvalue weighted by Crippen LogP contribution is -2.28. The Hall–Kier alpha value is -3.16. The number of hydrogen-bond acceptors (Lipinski definition) is 4. The van der Waals surface area contributed by atoms with Crippen LogP contribution in [0.2, 0.25) is 0 Å². The Labute approximate surface area is 190 Å². The van der Waals surface area contributed by atoms with Gasteiger partial charge >= 0.3 is 0 Å². The molecular formula is C25H29N3O3S. The van der Waals surface area contributed by atoms with Gasteiger partial charge in [0.15, 0.2) is 0 Å². The molecule has 6 nitrogen and oxygen atoms in total. The third kappa shape index (κ3) is 6.67. The van der Waals surface area contributed by atoms with Gasteiger partial charge in [0.25, 0.3) is 5.91 Å². The normalized spacial score (nSPS) is 11.2. The highest BCUT2D eigenvalue weighted by molar-refractivity contribution is 7.89. The van der Waals surface area contributed by atoms with Crippen LogP contribution in [0.4, 0.5) is 5.69 Å². The molecule has 3 rings (SSSR count). The monoisotopic (exact) mass is 451 g/mol. The Balaban J connectivity index is 1.44. The molecule has 0 saturated heterocycles. The topological polar surface area (TPSA) is 78.5 Å². The molecule has 0 saturated carbocycles. The quantitative estimate of drug-likeness (QED) is 0.461. The fraction of sp³-hybridized carbons (Fsp3) is 0.240. The minimum Gasteiger partial charge on any atom is -0.375 e. The van der Waals surface area contributed by atoms with Crippen LogP contribution in [0.5, 0.6) is 0 Å². The number of sulfonamides is 1. The standard InChI is InChI=1S/C25H29N3O3S/c1-20-9-15-24(16-10-20)32(30,31)27-19-21-11-13-22(14-12-21)25(29)26-17-6-18-28(2)23-7-4-3-5-8-23/h3-5,7-16,27H,6,17-19H2,1-2H3,(H,26,29). The molecule has 0 aliphatic heterocycles. The number of amides is 1. The molecule has 3 aromatic carbocycles. The molecule has 0 radical (unpaired) electrons. The second-order valence-corrected chi connectivity index (χ2v) is 9.47. The molecule has 32 heavy (non-hydrogen) atoms. The van der Waals surface area contributed by atoms with Crippen molar-refractivity contribution in [2.45, 2.75) is 24.8 Å². The highest BCUT2D eigenvalue weighted by Gasteiger charge is 2.13. The number of anilines is 1. The molecule has 2 N–H and O–H groups in total. The second-order valence-electron chi connectivity index (χ2n) is 7.70. The second kappa shape index (κ2) is 10.9. The first-order chi connectivity index (χ1) is 15.3. The summed E-state index contributed by atoms with van der Waals surface area (Å²) in [6, 6.07) is 23.8. The van der Waals surface area contributed by atoms with Crippen LogP contribution in [0.1, 0.15) is 27.9 Å². The van der Waals surface area contributed by atoms with Crippen LogP contribution in [-0.4, -0.2) is 34.5 Å². The SMILES string of the molecule is Cc1ccc(S(=O)(=O)NCc2ccc(C(=O)NCCCN(C)c3ccccc3)cc2)cc1. The minimum atomic E-state index is -3.58. The number of carbonyl (C=O) groups excluding carboxylic acids is 1. The van der Waals surface area contributed by atoms with E-state index in [9.17, 15) is 13.2 Å². The van der Waals surface area contributed by atoms with Gasteiger partial charge in [0.1, 0.15) is 0 Å². The zero-order valence-electron chi connectivity index (χ0n) is 18.4. The molecule has 0 unspecified atom stereocenters. The number of carbonyl (C=O) groups is 1. The van der Waals surface area contributed by atoms with Crippen LogP contribution in [0.15, 0.2) is 83.8 Å². The summed E-state index contributed by atoms with van der Waals surface area (Å²) in [6.45, 7) is 3.48. The van der Waals surface area contributed by atoms with Crippen LogP contribution < -0.4 is 14.9 Å². The van der Waals surface area contributed by atoms with Crippen molar-refractivity contribution in [1.29, 1.82) is 0 Å². The van der Waals surface area contributed by atoms with Gasteiger partial charge in [-0.25, -0.2) is 13.1 Å². The number of aryl methyl sites for hydroxylation is 1. The van der Waals surface area contributed by atoms with Crippen molar-refractivity contribution in [3.8, 4) is 0 Å². The van der Waals surface area contributed by atoms with Crippen molar-refractivity contribution >= 4 is 21.6 Å². The molecule has 168 valence electrons. The Morgan fingerprint density at radius 1 is 0.906 bits per heavy atom. The Morgan fingerprint density at radius 3 is 2.22 bits per heavy atom. The highest BCUT2D eigenvalue weighted by Crippen LogP contribution is 2.12. The lowest BCUT2D eigenvalue weighted by atomic mass is 10.1. The molecule has 0 aliphatic carbocycles. The highest BCUT2D eigenvalue weighted by atomic mass is 32.2. The summed E-state index contributed by atoms with van der Waals surface area (Å²) in [5.41, 5.74) is 3.47. The predicted octanol–water partition coefficient (Wildman–Crippen LogP) is 3.73. The van der Waals surface area contributed by atoms with Gasteiger partial charge in [-0.05, 0) is 55.3 Å². The maximum Gasteiger partial charge on any atom is 0.251 e. The van der Waals surface area contributed by atoms with E-state index in [1.54, 1.807) is 48.5 Å². The molecule has 0 bridgehead atoms. The summed E-state index contributed by atoms with van der Waals surface area (Å²) in [4.78, 5) is 14.7. The lowest BCUT2D eigenvalue weighted by molar-refractivity contribution is 0.0953. The number of hydrogen-bond donors (Lipinski definition) is 2. The molecule has 1 amide bonds. The molecule has 0 spiro atoms. The first-order valence-corrected chi connectivity index (χ1v) is 12.0. The third-order valence-electron chi connectivity index (χ3n) is 5.17. The summed E-state index contributed by atoms with van der Waals surface area (Å²) in [6.07, 6.45) is 0.829. The van der Waals surface area contributed by atoms with E-state index in [0.717, 1.165) is 29.8 Å². The Morgan fingerprint density at radius 2 is 1.56 bits per heavy atom. The van der Waals surface area contributed by atoms with Crippen LogP contribution in [0.25, 0.3) is 0 Å². The summed E-state index contributed by atoms with van der Waals surface area (Å²) in [5, 5.41) is 2.93. The molecule has 0 fully saturated rings. The number of para-hydroxylation sites is 1. The maximum absolute atomic E-state index is 12.4. The van der Waals surface area contributed by atoms with E-state index >= 15 is 0 Å². The van der Waals surface area contributed by atoms with Gasteiger partial charge in [-0.1, -0.05) is 48.0 Å². The summed E-state index contributed by atoms with van der Waals surface area (Å²) < 4.78 is 27.4. The maximum atomic E-state index is 12.4. The summed E-state index contributed by atoms with van der Waals surface area (Å²) in [7, 11) is -1.55. The third-order valence-corrected chi connectivity index (χ3v) is 6.58. The van der Waals surface area contributed by atoms with Crippen molar-refractivity contribution in [2.75, 3.05) is 25.0 Å². The van der Waals surface area contributed by atoms with Crippen molar-refractivity contribution in [1.82, 2.24) is 10.0 Å². The largest absolute Gasteiger partial charge is 0.375 e. The van der Waals surface area contributed by atoms with E-state index in [2.05, 4.69) is 27.1 Å². The van der Waals surface area contributed by atoms with Gasteiger partial charge in [-0.15, -0.1) is 0 Å². The summed E-state index contributed by atoms with van der Waals surface area (Å²) in [5.74, 6) is -0.140. The number of nitrogens with zero attached hydrogens (tertiary/aromatic N) is 1. The molecule has 0 atom stereocenters. The number of nitrogens with one attached hydrogen (secondary N) is 2. The Kier molecular flexibility index (Phi) is 8.03. The van der Waals surface area contributed by atoms with E-state index < -0.39 is 10.0 Å². The summed E-state index contributed by atoms with van der Waals surface area (Å²) >= 11 is 0. The molecular weight excluding hydrogens is 422 g/mol. The van der Waals surface area contributed by atoms with Gasteiger partial charge < -0.3 is 10.2 Å². The fourth-order valence-corrected chi connectivity index (χ4v) is 4.20. The lowest BCUT2D eigenvalue weighted by Gasteiger charge is -2.19. The molecule has 0 aliphatic rings. The van der Waals surface area contributed by atoms with Crippen molar-refractivity contribution in [2.24, 2.45) is 0 Å². The van der Waals surface area contributed by atoms with Crippen molar-refractivity contribution in [3.05, 3.63) is 95.6 Å². The van der Waals surface area contributed by atoms with Crippen LogP contribution in [0.3, 0.4) is 0 Å². The van der Waals surface area contributed by atoms with Gasteiger partial charge in [0.05, 0.1) is 4.90 Å². The zero-order chi connectivity index (χ0) is 23.0. The van der Waals surface area contributed by atoms with E-state index in [0.29, 0.717) is 12.1 Å². The van der Waals surface area contributed by atoms with Crippen molar-refractivity contribution in [3.63, 3.8) is 0 Å². The van der Waals surface area contributed by atoms with Crippen LogP contribution >= 0.6 is 0 Å². The molecule has 0 aromatic heterocycles. The molecule has 3 aromatic rings. The fourth-order valence-electron chi connectivity index (χ4n) is 3.18. The molecule has 0 heterocycles. The van der Waals surface area contributed by atoms with E-state index in [1.165, 1.54) is 0 Å². The average molecular weight is 452 g/mol. The minimum absolute atomic E-state index is 0.140. The number of benzene rings is 3. The number of rotatable bonds is 10. The van der Waals surface area contributed by atoms with Gasteiger partial charge in [-0.2, -0.15) is 0 Å². The average Bonchev–Trinajstić information content (AvgIpc) is 2.81. The van der Waals surface area contributed by atoms with Crippen LogP contribution in [0, 0.1) is 6.92 Å². The van der Waals surface area contributed by atoms with Gasteiger partial charge in [0, 0.05) is 37.9 Å². The first-order valence-electron chi connectivity index (χ1n) is 10.5. The van der Waals surface area contributed by atoms with E-state index in [-0.39, 0.29) is 17.3 Å². The van der Waals surface area contributed by atoms with E-state index in [4.69, 9.17) is 0 Å². The smallest absolute Gasteiger partial charge is 0.251 e. The predicted molar refractivity (Wildman–Crippen MR) is 128 cm³/mol. The van der Waals surface area contributed by atoms with Crippen LogP contribution in [-0.2, 0) is 16.6 Å².